The van der Waals surface area contributed by atoms with Gasteiger partial charge in [0.05, 0.1) is 5.69 Å². The van der Waals surface area contributed by atoms with E-state index >= 15 is 0 Å². The highest BCUT2D eigenvalue weighted by atomic mass is 15.3. The molecule has 0 radical (unpaired) electrons. The van der Waals surface area contributed by atoms with Crippen molar-refractivity contribution in [3.05, 3.63) is 47.8 Å². The molecule has 3 unspecified atom stereocenters. The Labute approximate surface area is 537 Å². The van der Waals surface area contributed by atoms with Gasteiger partial charge in [-0.15, -0.1) is 0 Å². The number of hydrogen-bond donors (Lipinski definition) is 13. The van der Waals surface area contributed by atoms with Crippen LogP contribution < -0.4 is 45.9 Å². The Bertz CT molecular complexity index is 2220. The second kappa shape index (κ2) is 45.0. The Morgan fingerprint density at radius 3 is 1.40 bits per heavy atom. The first kappa shape index (κ1) is 83.8. The lowest BCUT2D eigenvalue weighted by Gasteiger charge is -2.33. The summed E-state index contributed by atoms with van der Waals surface area (Å²) in [5, 5.41) is 36.5. The van der Waals surface area contributed by atoms with E-state index in [-0.39, 0.29) is 50.6 Å². The van der Waals surface area contributed by atoms with E-state index in [1.54, 1.807) is 6.20 Å². The van der Waals surface area contributed by atoms with Crippen LogP contribution in [0.5, 0.6) is 0 Å². The summed E-state index contributed by atoms with van der Waals surface area (Å²) in [6, 6.07) is 10.9. The minimum atomic E-state index is 0. The second-order valence-corrected chi connectivity index (χ2v) is 27.0. The number of nitrogen functional groups attached to an aromatic ring is 1. The van der Waals surface area contributed by atoms with Gasteiger partial charge in [-0.3, -0.25) is 27.0 Å². The number of benzene rings is 1. The molecule has 21 N–H and O–H groups in total. The standard InChI is InChI=1S/C11H17N3.C11H23N3.C9H19N3.C9H15N3.C9H19N3.2C8H17N3.2CH4/c1-8(2)7-9-3-5-10(6-4-9)14-11(12)13;1-9(2)3-4-10-5-7-14(8-6-10)11(12)13;1-7(2)8-3-5-12(6-4-8)9(10)11;1-7(2)3-4-8-5-6-11-9(10)12-8;1-7(2)6-8-4-3-5-12(8)9(10)11;1-6(2)7-3-4-11(5-7)8(9)10;1-6(2)7-4-3-5-11(7)8(9)10;;/h3-6,8H,7H2,1-2H3,(H4,12,13,14);9-10H,3-8H2,1-2H3,(H3,12,13);7-8H,3-6H2,1-2H3,(H3,10,11);5-7H,3-4H2,1-2H3,(H2,10,11,12);7-8H,3-6H2,1-2H3,(H3,10,11);2*6-7H,3-5H2,1-2H3,(H3,9,10);2*1H4. The Kier molecular flexibility index (Phi) is 42.9. The summed E-state index contributed by atoms with van der Waals surface area (Å²) in [5.74, 6) is 9.11. The normalized spacial score (nSPS) is 18.2. The number of likely N-dealkylation sites (tertiary alicyclic amines) is 5. The third-order valence-corrected chi connectivity index (χ3v) is 16.8. The van der Waals surface area contributed by atoms with Crippen molar-refractivity contribution in [2.75, 3.05) is 58.1 Å². The molecule has 21 heteroatoms. The van der Waals surface area contributed by atoms with Crippen LogP contribution in [0.2, 0.25) is 0 Å². The van der Waals surface area contributed by atoms with E-state index in [1.807, 2.05) is 42.7 Å². The SMILES string of the molecule is C.C.CC(C)C1CCCN1C(=N)N.CC(C)C1CCN(C(=N)N)C1.CC(C)C1CCN(C(=N)N)CC1.CC(C)CC1CCCN1C(=N)N.CC(C)CCC1CCN(C(=N)N)CC1.CC(C)CCc1ccnc(N)n1.CC(C)Cc1ccc(N=C(N)N)cc1. The predicted molar refractivity (Wildman–Crippen MR) is 379 cm³/mol. The van der Waals surface area contributed by atoms with Crippen LogP contribution in [0.1, 0.15) is 207 Å². The van der Waals surface area contributed by atoms with Crippen LogP contribution in [-0.2, 0) is 12.8 Å². The minimum absolute atomic E-state index is 0. The van der Waals surface area contributed by atoms with Crippen LogP contribution >= 0.6 is 0 Å². The molecule has 0 saturated carbocycles. The van der Waals surface area contributed by atoms with E-state index in [4.69, 9.17) is 72.9 Å². The smallest absolute Gasteiger partial charge is 0.220 e. The van der Waals surface area contributed by atoms with Crippen molar-refractivity contribution in [2.45, 2.75) is 220 Å². The molecule has 6 heterocycles. The number of nitrogens with two attached hydrogens (primary N) is 8. The van der Waals surface area contributed by atoms with Gasteiger partial charge in [0.2, 0.25) is 5.95 Å². The van der Waals surface area contributed by atoms with Crippen molar-refractivity contribution in [1.29, 1.82) is 27.0 Å². The molecule has 5 saturated heterocycles. The lowest BCUT2D eigenvalue weighted by atomic mass is 9.87. The van der Waals surface area contributed by atoms with Crippen molar-refractivity contribution in [3.8, 4) is 0 Å². The molecule has 1 aromatic heterocycles. The lowest BCUT2D eigenvalue weighted by molar-refractivity contribution is 0.218. The zero-order chi connectivity index (χ0) is 65.2. The average Bonchev–Trinajstić information content (AvgIpc) is 4.36. The summed E-state index contributed by atoms with van der Waals surface area (Å²) in [6.45, 7) is 39.0. The number of rotatable bonds is 14. The van der Waals surface area contributed by atoms with E-state index in [9.17, 15) is 0 Å². The van der Waals surface area contributed by atoms with Crippen LogP contribution in [0.25, 0.3) is 0 Å². The first-order valence-electron chi connectivity index (χ1n) is 32.5. The number of aryl methyl sites for hydroxylation is 1. The van der Waals surface area contributed by atoms with Crippen molar-refractivity contribution in [2.24, 2.45) is 104 Å². The van der Waals surface area contributed by atoms with Gasteiger partial charge in [0.15, 0.2) is 35.8 Å². The Hall–Kier alpha value is -6.28. The maximum absolute atomic E-state index is 7.37. The third-order valence-electron chi connectivity index (χ3n) is 16.8. The highest BCUT2D eigenvalue weighted by Gasteiger charge is 2.29. The van der Waals surface area contributed by atoms with Gasteiger partial charge in [0.25, 0.3) is 0 Å². The fourth-order valence-corrected chi connectivity index (χ4v) is 11.4. The summed E-state index contributed by atoms with van der Waals surface area (Å²) >= 11 is 0. The monoisotopic (exact) mass is 1230 g/mol. The van der Waals surface area contributed by atoms with Gasteiger partial charge >= 0.3 is 0 Å². The van der Waals surface area contributed by atoms with E-state index in [0.717, 1.165) is 119 Å². The minimum Gasteiger partial charge on any atom is -0.370 e. The predicted octanol–water partition coefficient (Wildman–Crippen LogP) is 11.2. The van der Waals surface area contributed by atoms with Crippen molar-refractivity contribution in [1.82, 2.24) is 34.5 Å². The maximum Gasteiger partial charge on any atom is 0.220 e. The molecule has 88 heavy (non-hydrogen) atoms. The summed E-state index contributed by atoms with van der Waals surface area (Å²) in [7, 11) is 0. The van der Waals surface area contributed by atoms with Crippen LogP contribution in [0.4, 0.5) is 11.6 Å². The molecule has 5 aliphatic heterocycles. The Morgan fingerprint density at radius 1 is 0.523 bits per heavy atom. The first-order chi connectivity index (χ1) is 40.3. The number of nitrogens with one attached hydrogen (secondary N) is 5. The molecule has 0 spiro atoms. The number of piperidine rings is 2. The van der Waals surface area contributed by atoms with Gasteiger partial charge in [-0.1, -0.05) is 137 Å². The van der Waals surface area contributed by atoms with Gasteiger partial charge in [-0.05, 0) is 166 Å². The molecule has 0 aliphatic carbocycles. The van der Waals surface area contributed by atoms with Crippen LogP contribution in [0, 0.1) is 86.2 Å². The van der Waals surface area contributed by atoms with Gasteiger partial charge in [0, 0.05) is 76.3 Å². The van der Waals surface area contributed by atoms with Gasteiger partial charge in [-0.25, -0.2) is 15.0 Å². The van der Waals surface area contributed by atoms with Crippen molar-refractivity contribution in [3.63, 3.8) is 0 Å². The zero-order valence-corrected chi connectivity index (χ0v) is 56.4. The van der Waals surface area contributed by atoms with E-state index in [2.05, 4.69) is 124 Å². The fraction of sp³-hybridized carbons (Fsp3) is 0.761. The second-order valence-electron chi connectivity index (χ2n) is 27.0. The van der Waals surface area contributed by atoms with E-state index in [1.165, 1.54) is 82.6 Å². The van der Waals surface area contributed by atoms with E-state index in [0.29, 0.717) is 41.7 Å². The van der Waals surface area contributed by atoms with Crippen LogP contribution in [0.3, 0.4) is 0 Å². The van der Waals surface area contributed by atoms with Gasteiger partial charge in [-0.2, -0.15) is 0 Å². The zero-order valence-electron chi connectivity index (χ0n) is 56.4. The highest BCUT2D eigenvalue weighted by molar-refractivity contribution is 5.79. The number of anilines is 1. The van der Waals surface area contributed by atoms with Crippen molar-refractivity contribution < 1.29 is 0 Å². The van der Waals surface area contributed by atoms with E-state index < -0.39 is 0 Å². The Morgan fingerprint density at radius 2 is 1.00 bits per heavy atom. The third kappa shape index (κ3) is 36.3. The molecule has 0 amide bonds. The molecule has 5 fully saturated rings. The summed E-state index contributed by atoms with van der Waals surface area (Å²) in [4.78, 5) is 21.8. The largest absolute Gasteiger partial charge is 0.370 e. The Balaban J connectivity index is 0. The topological polar surface area (TPSA) is 382 Å². The molecule has 7 rings (SSSR count). The van der Waals surface area contributed by atoms with Crippen molar-refractivity contribution >= 4 is 47.4 Å². The molecular formula is C67H135N21. The molecule has 2 aromatic rings. The van der Waals surface area contributed by atoms with Gasteiger partial charge < -0.3 is 70.4 Å². The molecule has 0 bridgehead atoms. The molecule has 5 aliphatic rings. The van der Waals surface area contributed by atoms with Gasteiger partial charge in [0.1, 0.15) is 0 Å². The van der Waals surface area contributed by atoms with Crippen LogP contribution in [0.15, 0.2) is 41.5 Å². The van der Waals surface area contributed by atoms with Crippen LogP contribution in [-0.4, -0.2) is 135 Å². The lowest BCUT2D eigenvalue weighted by Crippen LogP contribution is -2.42. The number of aromatic nitrogens is 2. The maximum atomic E-state index is 7.37. The molecule has 21 nitrogen and oxygen atoms in total. The number of nitrogens with zero attached hydrogens (tertiary/aromatic N) is 8. The fourth-order valence-electron chi connectivity index (χ4n) is 11.4. The molecule has 508 valence electrons. The summed E-state index contributed by atoms with van der Waals surface area (Å²) in [5.41, 5.74) is 46.3. The molecule has 1 aromatic carbocycles. The average molecular weight is 1230 g/mol. The quantitative estimate of drug-likeness (QED) is 0.0617. The molecule has 3 atom stereocenters. The summed E-state index contributed by atoms with van der Waals surface area (Å²) < 4.78 is 0. The first-order valence-corrected chi connectivity index (χ1v) is 32.5. The molecular weight excluding hydrogens is 1100 g/mol. The summed E-state index contributed by atoms with van der Waals surface area (Å²) in [6.07, 6.45) is 19.6. The number of hydrogen-bond acceptors (Lipinski definition) is 9. The number of guanidine groups is 6. The highest BCUT2D eigenvalue weighted by Crippen LogP contribution is 2.27. The number of aliphatic imine (C=N–C) groups is 1.